The van der Waals surface area contributed by atoms with Gasteiger partial charge in [0, 0.05) is 37.1 Å². The normalized spacial score (nSPS) is 13.2. The Hall–Kier alpha value is -1.14. The molecule has 0 fully saturated rings. The summed E-state index contributed by atoms with van der Waals surface area (Å²) >= 11 is 0. The lowest BCUT2D eigenvalue weighted by molar-refractivity contribution is 0.578. The van der Waals surface area contributed by atoms with Crippen LogP contribution in [0.3, 0.4) is 0 Å². The molecule has 1 atom stereocenters. The van der Waals surface area contributed by atoms with Gasteiger partial charge in [0.25, 0.3) is 0 Å². The Morgan fingerprint density at radius 1 is 1.40 bits per heavy atom. The van der Waals surface area contributed by atoms with Crippen molar-refractivity contribution in [1.29, 1.82) is 0 Å². The summed E-state index contributed by atoms with van der Waals surface area (Å²) in [5.41, 5.74) is 7.16. The van der Waals surface area contributed by atoms with E-state index in [9.17, 15) is 12.8 Å². The van der Waals surface area contributed by atoms with E-state index in [-0.39, 0.29) is 17.6 Å². The minimum Gasteiger partial charge on any atom is -0.373 e. The van der Waals surface area contributed by atoms with E-state index >= 15 is 0 Å². The van der Waals surface area contributed by atoms with Gasteiger partial charge in [-0.3, -0.25) is 0 Å². The van der Waals surface area contributed by atoms with Gasteiger partial charge in [-0.1, -0.05) is 13.0 Å². The van der Waals surface area contributed by atoms with E-state index < -0.39 is 9.84 Å². The second-order valence-electron chi connectivity index (χ2n) is 5.16. The third kappa shape index (κ3) is 5.09. The van der Waals surface area contributed by atoms with Gasteiger partial charge in [-0.05, 0) is 25.0 Å². The quantitative estimate of drug-likeness (QED) is 0.831. The van der Waals surface area contributed by atoms with Crippen molar-refractivity contribution >= 4 is 15.5 Å². The topological polar surface area (TPSA) is 63.4 Å². The number of nitrogens with zero attached hydrogens (tertiary/aromatic N) is 1. The van der Waals surface area contributed by atoms with Crippen LogP contribution >= 0.6 is 0 Å². The van der Waals surface area contributed by atoms with Crippen molar-refractivity contribution in [3.05, 3.63) is 29.6 Å². The molecule has 1 rings (SSSR count). The molecule has 0 heterocycles. The molecule has 1 aromatic carbocycles. The molecule has 1 unspecified atom stereocenters. The Morgan fingerprint density at radius 3 is 2.60 bits per heavy atom. The summed E-state index contributed by atoms with van der Waals surface area (Å²) in [5, 5.41) is 0. The van der Waals surface area contributed by atoms with E-state index in [1.54, 1.807) is 24.1 Å². The van der Waals surface area contributed by atoms with Crippen LogP contribution in [0.4, 0.5) is 10.1 Å². The minimum atomic E-state index is -3.04. The van der Waals surface area contributed by atoms with Crippen LogP contribution in [0.5, 0.6) is 0 Å². The third-order valence-electron chi connectivity index (χ3n) is 3.29. The van der Waals surface area contributed by atoms with Crippen LogP contribution in [0, 0.1) is 5.82 Å². The average molecular weight is 302 g/mol. The van der Waals surface area contributed by atoms with Crippen LogP contribution in [0.2, 0.25) is 0 Å². The zero-order valence-electron chi connectivity index (χ0n) is 12.3. The number of nitrogens with two attached hydrogens (primary N) is 1. The average Bonchev–Trinajstić information content (AvgIpc) is 2.37. The van der Waals surface area contributed by atoms with Crippen LogP contribution in [-0.2, 0) is 16.3 Å². The molecule has 0 saturated carbocycles. The molecule has 0 aliphatic heterocycles. The van der Waals surface area contributed by atoms with Crippen molar-refractivity contribution < 1.29 is 12.8 Å². The third-order valence-corrected chi connectivity index (χ3v) is 4.22. The maximum Gasteiger partial charge on any atom is 0.149 e. The first kappa shape index (κ1) is 16.9. The van der Waals surface area contributed by atoms with Gasteiger partial charge in [0.1, 0.15) is 15.7 Å². The number of hydrogen-bond donors (Lipinski definition) is 1. The molecule has 20 heavy (non-hydrogen) atoms. The minimum absolute atomic E-state index is 0.0410. The summed E-state index contributed by atoms with van der Waals surface area (Å²) in [6.07, 6.45) is 2.41. The highest BCUT2D eigenvalue weighted by Gasteiger charge is 2.15. The first-order valence-electron chi connectivity index (χ1n) is 6.66. The molecule has 1 aromatic rings. The highest BCUT2D eigenvalue weighted by Crippen LogP contribution is 2.24. The van der Waals surface area contributed by atoms with Crippen molar-refractivity contribution in [3.63, 3.8) is 0 Å². The number of rotatable bonds is 7. The molecule has 4 nitrogen and oxygen atoms in total. The predicted molar refractivity (Wildman–Crippen MR) is 81.4 cm³/mol. The van der Waals surface area contributed by atoms with E-state index in [2.05, 4.69) is 0 Å². The van der Waals surface area contributed by atoms with Crippen LogP contribution in [0.25, 0.3) is 0 Å². The van der Waals surface area contributed by atoms with Gasteiger partial charge in [0.05, 0.1) is 5.75 Å². The molecule has 0 aromatic heterocycles. The van der Waals surface area contributed by atoms with Crippen LogP contribution < -0.4 is 10.6 Å². The molecule has 0 radical (unpaired) electrons. The van der Waals surface area contributed by atoms with Gasteiger partial charge >= 0.3 is 0 Å². The number of halogens is 1. The Balaban J connectivity index is 2.95. The van der Waals surface area contributed by atoms with Crippen molar-refractivity contribution in [1.82, 2.24) is 0 Å². The van der Waals surface area contributed by atoms with Gasteiger partial charge < -0.3 is 10.6 Å². The smallest absolute Gasteiger partial charge is 0.149 e. The lowest BCUT2D eigenvalue weighted by Crippen LogP contribution is -2.28. The van der Waals surface area contributed by atoms with Crippen molar-refractivity contribution in [2.24, 2.45) is 5.73 Å². The maximum atomic E-state index is 14.0. The van der Waals surface area contributed by atoms with Gasteiger partial charge in [-0.25, -0.2) is 12.8 Å². The second kappa shape index (κ2) is 7.04. The van der Waals surface area contributed by atoms with Crippen LogP contribution in [-0.4, -0.2) is 40.1 Å². The first-order chi connectivity index (χ1) is 9.24. The second-order valence-corrected chi connectivity index (χ2v) is 7.42. The van der Waals surface area contributed by atoms with Crippen molar-refractivity contribution in [2.75, 3.05) is 30.5 Å². The molecule has 0 saturated heterocycles. The summed E-state index contributed by atoms with van der Waals surface area (Å²) in [6.45, 7) is 2.29. The monoisotopic (exact) mass is 302 g/mol. The van der Waals surface area contributed by atoms with Crippen LogP contribution in [0.1, 0.15) is 18.9 Å². The van der Waals surface area contributed by atoms with E-state index in [0.717, 1.165) is 6.42 Å². The Morgan fingerprint density at radius 2 is 2.05 bits per heavy atom. The molecule has 0 aliphatic carbocycles. The lowest BCUT2D eigenvalue weighted by atomic mass is 10.0. The van der Waals surface area contributed by atoms with Gasteiger partial charge in [0.15, 0.2) is 0 Å². The Kier molecular flexibility index (Phi) is 5.95. The Bertz CT molecular complexity index is 546. The predicted octanol–water partition coefficient (Wildman–Crippen LogP) is 1.59. The van der Waals surface area contributed by atoms with Gasteiger partial charge in [-0.15, -0.1) is 0 Å². The van der Waals surface area contributed by atoms with Crippen LogP contribution in [0.15, 0.2) is 18.2 Å². The molecular weight excluding hydrogens is 279 g/mol. The molecule has 0 aliphatic rings. The number of anilines is 1. The maximum absolute atomic E-state index is 14.0. The molecule has 0 amide bonds. The van der Waals surface area contributed by atoms with E-state index in [4.69, 9.17) is 5.73 Å². The van der Waals surface area contributed by atoms with E-state index in [1.807, 2.05) is 6.92 Å². The SMILES string of the molecule is CCC(N)Cc1c(F)cccc1N(C)CCS(C)(=O)=O. The fourth-order valence-corrected chi connectivity index (χ4v) is 2.54. The lowest BCUT2D eigenvalue weighted by Gasteiger charge is -2.23. The number of benzene rings is 1. The molecule has 6 heteroatoms. The summed E-state index contributed by atoms with van der Waals surface area (Å²) in [4.78, 5) is 1.77. The molecular formula is C14H23FN2O2S. The van der Waals surface area contributed by atoms with E-state index in [1.165, 1.54) is 12.3 Å². The first-order valence-corrected chi connectivity index (χ1v) is 8.72. The molecule has 2 N–H and O–H groups in total. The van der Waals surface area contributed by atoms with Gasteiger partial charge in [-0.2, -0.15) is 0 Å². The highest BCUT2D eigenvalue weighted by molar-refractivity contribution is 7.90. The fourth-order valence-electron chi connectivity index (χ4n) is 1.94. The fraction of sp³-hybridized carbons (Fsp3) is 0.571. The largest absolute Gasteiger partial charge is 0.373 e. The van der Waals surface area contributed by atoms with E-state index in [0.29, 0.717) is 24.2 Å². The van der Waals surface area contributed by atoms with Crippen molar-refractivity contribution in [3.8, 4) is 0 Å². The highest BCUT2D eigenvalue weighted by atomic mass is 32.2. The molecule has 114 valence electrons. The number of hydrogen-bond acceptors (Lipinski definition) is 4. The zero-order valence-corrected chi connectivity index (χ0v) is 13.1. The van der Waals surface area contributed by atoms with Crippen molar-refractivity contribution in [2.45, 2.75) is 25.8 Å². The standard InChI is InChI=1S/C14H23FN2O2S/c1-4-11(16)10-12-13(15)6-5-7-14(12)17(2)8-9-20(3,18)19/h5-7,11H,4,8-10,16H2,1-3H3. The van der Waals surface area contributed by atoms with Gasteiger partial charge in [0.2, 0.25) is 0 Å². The number of sulfone groups is 1. The summed E-state index contributed by atoms with van der Waals surface area (Å²) < 4.78 is 36.4. The summed E-state index contributed by atoms with van der Waals surface area (Å²) in [7, 11) is -1.27. The zero-order chi connectivity index (χ0) is 15.3. The molecule has 0 spiro atoms. The summed E-state index contributed by atoms with van der Waals surface area (Å²) in [6, 6.07) is 4.73. The molecule has 0 bridgehead atoms. The Labute approximate surface area is 120 Å². The summed E-state index contributed by atoms with van der Waals surface area (Å²) in [5.74, 6) is -0.253.